The second kappa shape index (κ2) is 7.58. The van der Waals surface area contributed by atoms with Gasteiger partial charge in [0.1, 0.15) is 24.6 Å². The normalized spacial score (nSPS) is 14.5. The number of ether oxygens (including phenoxy) is 1. The van der Waals surface area contributed by atoms with Gasteiger partial charge in [-0.3, -0.25) is 14.4 Å². The Morgan fingerprint density at radius 1 is 1.00 bits per heavy atom. The highest BCUT2D eigenvalue weighted by atomic mass is 32.2. The molecule has 2 aromatic rings. The second-order valence-corrected chi connectivity index (χ2v) is 7.57. The van der Waals surface area contributed by atoms with Crippen molar-refractivity contribution in [3.05, 3.63) is 65.7 Å². The molecular weight excluding hydrogens is 372 g/mol. The maximum Gasteiger partial charge on any atom is 0.325 e. The van der Waals surface area contributed by atoms with Gasteiger partial charge < -0.3 is 10.1 Å². The fourth-order valence-electron chi connectivity index (χ4n) is 2.53. The number of nitrogens with one attached hydrogen (secondary N) is 1. The number of fused-ring (bicyclic) bond motifs is 1. The molecule has 3 rings (SSSR count). The van der Waals surface area contributed by atoms with Crippen LogP contribution in [0.25, 0.3) is 0 Å². The number of hydrogen-bond donors (Lipinski definition) is 1. The molecule has 0 fully saturated rings. The average molecular weight is 388 g/mol. The van der Waals surface area contributed by atoms with Crippen LogP contribution in [0.3, 0.4) is 0 Å². The SMILES string of the molecule is O=C(CN1C(=O)c2ccccc2S1(=O)=O)NCC(=O)OCc1ccccc1. The van der Waals surface area contributed by atoms with Gasteiger partial charge in [0.15, 0.2) is 0 Å². The molecule has 1 aliphatic rings. The Kier molecular flexibility index (Phi) is 5.22. The number of carbonyl (C=O) groups excluding carboxylic acids is 3. The van der Waals surface area contributed by atoms with E-state index in [2.05, 4.69) is 5.32 Å². The minimum atomic E-state index is -4.07. The monoisotopic (exact) mass is 388 g/mol. The van der Waals surface area contributed by atoms with E-state index in [0.29, 0.717) is 4.31 Å². The van der Waals surface area contributed by atoms with E-state index in [0.717, 1.165) is 5.56 Å². The van der Waals surface area contributed by atoms with Crippen molar-refractivity contribution >= 4 is 27.8 Å². The third-order valence-electron chi connectivity index (χ3n) is 3.87. The van der Waals surface area contributed by atoms with Gasteiger partial charge in [0, 0.05) is 0 Å². The highest BCUT2D eigenvalue weighted by molar-refractivity contribution is 7.90. The smallest absolute Gasteiger partial charge is 0.325 e. The van der Waals surface area contributed by atoms with Gasteiger partial charge in [-0.1, -0.05) is 42.5 Å². The standard InChI is InChI=1S/C18H16N2O6S/c21-16(19-10-17(22)26-12-13-6-2-1-3-7-13)11-20-18(23)14-8-4-5-9-15(14)27(20,24)25/h1-9H,10-12H2,(H,19,21). The first-order chi connectivity index (χ1) is 12.9. The van der Waals surface area contributed by atoms with E-state index in [1.807, 2.05) is 6.07 Å². The third kappa shape index (κ3) is 3.98. The molecule has 0 radical (unpaired) electrons. The van der Waals surface area contributed by atoms with Crippen LogP contribution in [0.2, 0.25) is 0 Å². The van der Waals surface area contributed by atoms with Crippen LogP contribution in [0.5, 0.6) is 0 Å². The molecule has 2 amide bonds. The van der Waals surface area contributed by atoms with Crippen LogP contribution in [-0.4, -0.2) is 43.6 Å². The lowest BCUT2D eigenvalue weighted by molar-refractivity contribution is -0.145. The molecule has 0 bridgehead atoms. The quantitative estimate of drug-likeness (QED) is 0.729. The Morgan fingerprint density at radius 3 is 2.37 bits per heavy atom. The van der Waals surface area contributed by atoms with Crippen LogP contribution in [0, 0.1) is 0 Å². The molecule has 1 heterocycles. The van der Waals surface area contributed by atoms with Gasteiger partial charge in [-0.05, 0) is 17.7 Å². The Hall–Kier alpha value is -3.20. The van der Waals surface area contributed by atoms with Crippen molar-refractivity contribution in [1.82, 2.24) is 9.62 Å². The van der Waals surface area contributed by atoms with Crippen molar-refractivity contribution in [2.24, 2.45) is 0 Å². The molecule has 0 spiro atoms. The molecule has 2 aromatic carbocycles. The molecule has 1 N–H and O–H groups in total. The van der Waals surface area contributed by atoms with Crippen molar-refractivity contribution < 1.29 is 27.5 Å². The number of benzene rings is 2. The number of esters is 1. The predicted molar refractivity (Wildman–Crippen MR) is 93.9 cm³/mol. The minimum Gasteiger partial charge on any atom is -0.460 e. The molecule has 0 atom stereocenters. The minimum absolute atomic E-state index is 0.0209. The lowest BCUT2D eigenvalue weighted by atomic mass is 10.2. The summed E-state index contributed by atoms with van der Waals surface area (Å²) in [6.45, 7) is -1.08. The highest BCUT2D eigenvalue weighted by Crippen LogP contribution is 2.29. The van der Waals surface area contributed by atoms with Crippen LogP contribution >= 0.6 is 0 Å². The fraction of sp³-hybridized carbons (Fsp3) is 0.167. The molecule has 0 saturated carbocycles. The van der Waals surface area contributed by atoms with Gasteiger partial charge in [-0.2, -0.15) is 0 Å². The van der Waals surface area contributed by atoms with E-state index >= 15 is 0 Å². The molecule has 1 aliphatic heterocycles. The van der Waals surface area contributed by atoms with Gasteiger partial charge in [0.2, 0.25) is 5.91 Å². The van der Waals surface area contributed by atoms with Gasteiger partial charge in [0.25, 0.3) is 15.9 Å². The molecule has 0 aromatic heterocycles. The fourth-order valence-corrected chi connectivity index (χ4v) is 4.06. The maximum atomic E-state index is 12.4. The topological polar surface area (TPSA) is 110 Å². The summed E-state index contributed by atoms with van der Waals surface area (Å²) in [5.41, 5.74) is 0.816. The van der Waals surface area contributed by atoms with Crippen molar-refractivity contribution in [2.45, 2.75) is 11.5 Å². The Morgan fingerprint density at radius 2 is 1.67 bits per heavy atom. The van der Waals surface area contributed by atoms with E-state index in [9.17, 15) is 22.8 Å². The molecular formula is C18H16N2O6S. The van der Waals surface area contributed by atoms with E-state index < -0.39 is 40.9 Å². The van der Waals surface area contributed by atoms with Crippen molar-refractivity contribution in [3.8, 4) is 0 Å². The van der Waals surface area contributed by atoms with E-state index in [1.165, 1.54) is 18.2 Å². The lowest BCUT2D eigenvalue weighted by Gasteiger charge is -2.14. The van der Waals surface area contributed by atoms with Gasteiger partial charge in [0.05, 0.1) is 5.56 Å². The molecule has 8 nitrogen and oxygen atoms in total. The van der Waals surface area contributed by atoms with Gasteiger partial charge >= 0.3 is 5.97 Å². The first-order valence-corrected chi connectivity index (χ1v) is 9.46. The summed E-state index contributed by atoms with van der Waals surface area (Å²) in [5.74, 6) is -2.23. The summed E-state index contributed by atoms with van der Waals surface area (Å²) in [6, 6.07) is 14.7. The summed E-state index contributed by atoms with van der Waals surface area (Å²) in [5, 5.41) is 2.26. The molecule has 9 heteroatoms. The second-order valence-electron chi connectivity index (χ2n) is 5.74. The summed E-state index contributed by atoms with van der Waals surface area (Å²) in [6.07, 6.45) is 0. The zero-order chi connectivity index (χ0) is 19.4. The van der Waals surface area contributed by atoms with Crippen LogP contribution < -0.4 is 5.32 Å². The summed E-state index contributed by atoms with van der Waals surface area (Å²) >= 11 is 0. The van der Waals surface area contributed by atoms with Crippen molar-refractivity contribution in [2.75, 3.05) is 13.1 Å². The molecule has 27 heavy (non-hydrogen) atoms. The highest BCUT2D eigenvalue weighted by Gasteiger charge is 2.41. The summed E-state index contributed by atoms with van der Waals surface area (Å²) in [7, 11) is -4.07. The molecule has 0 saturated heterocycles. The maximum absolute atomic E-state index is 12.4. The van der Waals surface area contributed by atoms with E-state index in [1.54, 1.807) is 30.3 Å². The molecule has 140 valence electrons. The van der Waals surface area contributed by atoms with Crippen LogP contribution in [0.4, 0.5) is 0 Å². The first-order valence-electron chi connectivity index (χ1n) is 8.02. The van der Waals surface area contributed by atoms with E-state index in [4.69, 9.17) is 4.74 Å². The van der Waals surface area contributed by atoms with E-state index in [-0.39, 0.29) is 17.1 Å². The summed E-state index contributed by atoms with van der Waals surface area (Å²) in [4.78, 5) is 35.8. The summed E-state index contributed by atoms with van der Waals surface area (Å²) < 4.78 is 30.2. The number of amides is 2. The lowest BCUT2D eigenvalue weighted by Crippen LogP contribution is -2.42. The largest absolute Gasteiger partial charge is 0.460 e. The van der Waals surface area contributed by atoms with Crippen LogP contribution in [0.1, 0.15) is 15.9 Å². The van der Waals surface area contributed by atoms with Crippen molar-refractivity contribution in [3.63, 3.8) is 0 Å². The first kappa shape index (κ1) is 18.6. The zero-order valence-corrected chi connectivity index (χ0v) is 14.9. The third-order valence-corrected chi connectivity index (χ3v) is 5.66. The van der Waals surface area contributed by atoms with Gasteiger partial charge in [-0.25, -0.2) is 12.7 Å². The number of sulfonamides is 1. The predicted octanol–water partition coefficient (Wildman–Crippen LogP) is 0.691. The zero-order valence-electron chi connectivity index (χ0n) is 14.1. The van der Waals surface area contributed by atoms with Crippen LogP contribution in [-0.2, 0) is 31.0 Å². The Labute approximate surface area is 155 Å². The Balaban J connectivity index is 1.53. The molecule has 0 unspecified atom stereocenters. The number of rotatable bonds is 6. The Bertz CT molecular complexity index is 988. The van der Waals surface area contributed by atoms with Crippen LogP contribution in [0.15, 0.2) is 59.5 Å². The average Bonchev–Trinajstić information content (AvgIpc) is 2.87. The number of carbonyl (C=O) groups is 3. The number of hydrogen-bond acceptors (Lipinski definition) is 6. The van der Waals surface area contributed by atoms with Gasteiger partial charge in [-0.15, -0.1) is 0 Å². The molecule has 0 aliphatic carbocycles. The van der Waals surface area contributed by atoms with Crippen molar-refractivity contribution in [1.29, 1.82) is 0 Å². The number of nitrogens with zero attached hydrogens (tertiary/aromatic N) is 1.